The van der Waals surface area contributed by atoms with Crippen LogP contribution in [0.5, 0.6) is 0 Å². The molecule has 0 amide bonds. The van der Waals surface area contributed by atoms with E-state index in [-0.39, 0.29) is 54.6 Å². The van der Waals surface area contributed by atoms with E-state index in [0.717, 1.165) is 69.2 Å². The molecule has 7 aromatic carbocycles. The van der Waals surface area contributed by atoms with Crippen molar-refractivity contribution in [3.05, 3.63) is 166 Å². The van der Waals surface area contributed by atoms with E-state index < -0.39 is 10.8 Å². The molecule has 20 radical (unpaired) electrons. The quantitative estimate of drug-likeness (QED) is 0.247. The zero-order valence-electron chi connectivity index (χ0n) is 37.9. The van der Waals surface area contributed by atoms with Crippen LogP contribution in [0.1, 0.15) is 52.0 Å². The van der Waals surface area contributed by atoms with E-state index in [9.17, 15) is 0 Å². The Balaban J connectivity index is 1.24. The summed E-state index contributed by atoms with van der Waals surface area (Å²) < 4.78 is 2.00. The van der Waals surface area contributed by atoms with Crippen LogP contribution in [-0.2, 0) is 10.8 Å². The molecular weight excluding hydrogens is 877 g/mol. The molecule has 0 aliphatic heterocycles. The first-order valence-corrected chi connectivity index (χ1v) is 24.0. The summed E-state index contributed by atoms with van der Waals surface area (Å²) in [6, 6.07) is 41.2. The molecule has 70 heavy (non-hydrogen) atoms. The Bertz CT molecular complexity index is 3990. The molecule has 4 aromatic heterocycles. The standard InChI is InChI=1S/C54H26B10N4S2/c1-23-13-3-6-16-26(23)54(52-66-48(36-39(57)43(61)46(64)44(62)40(36)58)34-25-15-5-12-22-32(25)70-50(34)68-52)29-19-9-7-17-27(29)53(2,28-18-8-10-20-30(28)54)51-65-47(35-37(55)41(59)45(63)42(60)38(35)56)33-24-14-4-11-21-31(24)69-49(33)67-51/h3-22H,1-2H3. The minimum absolute atomic E-state index is 0.109. The van der Waals surface area contributed by atoms with Gasteiger partial charge in [0.25, 0.3) is 0 Å². The first kappa shape index (κ1) is 45.0. The predicted octanol–water partition coefficient (Wildman–Crippen LogP) is 1.63. The number of nitrogens with zero attached hydrogens (tertiary/aromatic N) is 4. The van der Waals surface area contributed by atoms with Gasteiger partial charge in [0.1, 0.15) is 105 Å². The van der Waals surface area contributed by atoms with Gasteiger partial charge in [0, 0.05) is 30.9 Å². The molecule has 0 N–H and O–H groups in total. The highest BCUT2D eigenvalue weighted by Crippen LogP contribution is 2.58. The van der Waals surface area contributed by atoms with E-state index in [1.807, 2.05) is 72.8 Å². The zero-order chi connectivity index (χ0) is 48.7. The fourth-order valence-corrected chi connectivity index (χ4v) is 13.0. The Hall–Kier alpha value is -6.21. The molecular formula is C54H26B10N4S2. The van der Waals surface area contributed by atoms with Crippen LogP contribution in [0.4, 0.5) is 0 Å². The number of thiophene rings is 2. The van der Waals surface area contributed by atoms with Gasteiger partial charge in [-0.2, -0.15) is 0 Å². The molecule has 0 fully saturated rings. The number of aromatic nitrogens is 4. The summed E-state index contributed by atoms with van der Waals surface area (Å²) in [4.78, 5) is 23.9. The van der Waals surface area contributed by atoms with Gasteiger partial charge < -0.3 is 0 Å². The topological polar surface area (TPSA) is 51.6 Å². The van der Waals surface area contributed by atoms with Crippen LogP contribution < -0.4 is 54.6 Å². The second-order valence-electron chi connectivity index (χ2n) is 18.0. The van der Waals surface area contributed by atoms with Crippen molar-refractivity contribution in [3.8, 4) is 22.5 Å². The van der Waals surface area contributed by atoms with Crippen LogP contribution in [-0.4, -0.2) is 98.4 Å². The largest absolute Gasteiger partial charge is 0.231 e. The summed E-state index contributed by atoms with van der Waals surface area (Å²) in [6.07, 6.45) is 0. The lowest BCUT2D eigenvalue weighted by atomic mass is 9.54. The van der Waals surface area contributed by atoms with Crippen molar-refractivity contribution >= 4 is 196 Å². The van der Waals surface area contributed by atoms with Gasteiger partial charge in [-0.15, -0.1) is 55.5 Å². The average molecular weight is 903 g/mol. The number of rotatable bonds is 5. The van der Waals surface area contributed by atoms with Crippen molar-refractivity contribution in [2.24, 2.45) is 0 Å². The van der Waals surface area contributed by atoms with Crippen molar-refractivity contribution in [3.63, 3.8) is 0 Å². The second kappa shape index (κ2) is 16.2. The fourth-order valence-electron chi connectivity index (χ4n) is 10.9. The van der Waals surface area contributed by atoms with Crippen molar-refractivity contribution < 1.29 is 0 Å². The molecule has 304 valence electrons. The predicted molar refractivity (Wildman–Crippen MR) is 303 cm³/mol. The molecule has 4 heterocycles. The zero-order valence-corrected chi connectivity index (χ0v) is 39.6. The van der Waals surface area contributed by atoms with E-state index >= 15 is 0 Å². The molecule has 1 aliphatic rings. The van der Waals surface area contributed by atoms with Gasteiger partial charge in [-0.25, -0.2) is 19.9 Å². The Kier molecular flexibility index (Phi) is 10.4. The van der Waals surface area contributed by atoms with Gasteiger partial charge in [0.2, 0.25) is 0 Å². The summed E-state index contributed by atoms with van der Waals surface area (Å²) in [5, 5.41) is 3.38. The first-order valence-electron chi connectivity index (χ1n) is 22.4. The van der Waals surface area contributed by atoms with E-state index in [0.29, 0.717) is 39.0 Å². The van der Waals surface area contributed by atoms with Crippen LogP contribution >= 0.6 is 22.7 Å². The Morgan fingerprint density at radius 1 is 0.371 bits per heavy atom. The van der Waals surface area contributed by atoms with Crippen molar-refractivity contribution in [1.82, 2.24) is 19.9 Å². The van der Waals surface area contributed by atoms with Gasteiger partial charge in [-0.05, 0) is 70.5 Å². The third kappa shape index (κ3) is 6.02. The van der Waals surface area contributed by atoms with Crippen molar-refractivity contribution in [2.75, 3.05) is 0 Å². The maximum atomic E-state index is 6.95. The molecule has 0 atom stereocenters. The van der Waals surface area contributed by atoms with E-state index in [1.54, 1.807) is 22.7 Å². The SMILES string of the molecule is [B]c1c([B])c([B])c(-c2nc(C3(C)c4ccccc4C(c4nc(-c5c([B])c([B])c([B])c([B])c5[B])c5c(n4)sc4ccccc45)(c4ccccc4C)c4ccccc43)nc3sc4ccccc4c23)c([B])c1[B]. The number of hydrogen-bond acceptors (Lipinski definition) is 6. The molecule has 11 aromatic rings. The van der Waals surface area contributed by atoms with Gasteiger partial charge in [-0.1, -0.05) is 131 Å². The molecule has 0 unspecified atom stereocenters. The summed E-state index contributed by atoms with van der Waals surface area (Å²) >= 11 is 3.10. The number of fused-ring (bicyclic) bond motifs is 8. The lowest BCUT2D eigenvalue weighted by Crippen LogP contribution is -2.55. The molecule has 0 bridgehead atoms. The minimum Gasteiger partial charge on any atom is -0.231 e. The van der Waals surface area contributed by atoms with Crippen LogP contribution in [0.2, 0.25) is 0 Å². The Morgan fingerprint density at radius 2 is 0.714 bits per heavy atom. The van der Waals surface area contributed by atoms with Crippen LogP contribution in [0.15, 0.2) is 121 Å². The monoisotopic (exact) mass is 904 g/mol. The highest BCUT2D eigenvalue weighted by molar-refractivity contribution is 7.26. The third-order valence-electron chi connectivity index (χ3n) is 14.4. The minimum atomic E-state index is -1.19. The summed E-state index contributed by atoms with van der Waals surface area (Å²) in [5.41, 5.74) is 6.45. The summed E-state index contributed by atoms with van der Waals surface area (Å²) in [6.45, 7) is 4.27. The number of hydrogen-bond donors (Lipinski definition) is 0. The van der Waals surface area contributed by atoms with Gasteiger partial charge in [0.15, 0.2) is 0 Å². The molecule has 12 rings (SSSR count). The van der Waals surface area contributed by atoms with Crippen LogP contribution in [0, 0.1) is 6.92 Å². The summed E-state index contributed by atoms with van der Waals surface area (Å²) in [7, 11) is 66.9. The lowest BCUT2D eigenvalue weighted by Gasteiger charge is -2.47. The second-order valence-corrected chi connectivity index (χ2v) is 20.1. The molecule has 0 saturated carbocycles. The number of aryl methyl sites for hydroxylation is 1. The molecule has 16 heteroatoms. The Morgan fingerprint density at radius 3 is 1.16 bits per heavy atom. The van der Waals surface area contributed by atoms with Gasteiger partial charge >= 0.3 is 0 Å². The van der Waals surface area contributed by atoms with Crippen LogP contribution in [0.25, 0.3) is 63.1 Å². The molecule has 1 aliphatic carbocycles. The normalized spacial score (nSPS) is 16.5. The summed E-state index contributed by atoms with van der Waals surface area (Å²) in [5.74, 6) is 0.961. The molecule has 0 spiro atoms. The molecule has 4 nitrogen and oxygen atoms in total. The van der Waals surface area contributed by atoms with Crippen molar-refractivity contribution in [1.29, 1.82) is 0 Å². The van der Waals surface area contributed by atoms with E-state index in [2.05, 4.69) is 62.4 Å². The van der Waals surface area contributed by atoms with Gasteiger partial charge in [0.05, 0.1) is 16.8 Å². The highest BCUT2D eigenvalue weighted by atomic mass is 32.1. The average Bonchev–Trinajstić information content (AvgIpc) is 3.96. The Labute approximate surface area is 427 Å². The van der Waals surface area contributed by atoms with E-state index in [1.165, 1.54) is 0 Å². The fraction of sp³-hybridized carbons (Fsp3) is 0.0741. The smallest absolute Gasteiger partial charge is 0.150 e. The number of benzene rings is 7. The molecule has 0 saturated heterocycles. The third-order valence-corrected chi connectivity index (χ3v) is 16.6. The lowest BCUT2D eigenvalue weighted by molar-refractivity contribution is 0.549. The van der Waals surface area contributed by atoms with Crippen LogP contribution in [0.3, 0.4) is 0 Å². The first-order chi connectivity index (χ1) is 33.7. The maximum absolute atomic E-state index is 6.95. The van der Waals surface area contributed by atoms with E-state index in [4.69, 9.17) is 98.4 Å². The van der Waals surface area contributed by atoms with Crippen molar-refractivity contribution in [2.45, 2.75) is 24.7 Å². The maximum Gasteiger partial charge on any atom is 0.150 e. The highest BCUT2D eigenvalue weighted by Gasteiger charge is 2.54. The van der Waals surface area contributed by atoms with Gasteiger partial charge in [-0.3, -0.25) is 0 Å².